The zero-order valence-corrected chi connectivity index (χ0v) is 14.2. The zero-order valence-electron chi connectivity index (χ0n) is 13.5. The van der Waals surface area contributed by atoms with Crippen molar-refractivity contribution >= 4 is 35.0 Å². The molecule has 0 aliphatic heterocycles. The number of ether oxygens (including phenoxy) is 1. The summed E-state index contributed by atoms with van der Waals surface area (Å²) in [5.41, 5.74) is -1.37. The number of rotatable bonds is 4. The Bertz CT molecular complexity index is 825. The highest BCUT2D eigenvalue weighted by atomic mass is 35.5. The van der Waals surface area contributed by atoms with Crippen molar-refractivity contribution in [2.24, 2.45) is 0 Å². The quantitative estimate of drug-likeness (QED) is 0.711. The molecule has 0 saturated carbocycles. The maximum absolute atomic E-state index is 13.1. The van der Waals surface area contributed by atoms with E-state index in [1.807, 2.05) is 0 Å². The number of carbonyl (C=O) groups is 2. The van der Waals surface area contributed by atoms with Crippen LogP contribution in [0.15, 0.2) is 42.5 Å². The minimum absolute atomic E-state index is 0.0802. The fourth-order valence-electron chi connectivity index (χ4n) is 2.11. The fraction of sp³-hybridized carbons (Fsp3) is 0.176. The predicted molar refractivity (Wildman–Crippen MR) is 91.5 cm³/mol. The number of halogens is 4. The lowest BCUT2D eigenvalue weighted by Gasteiger charge is -2.15. The highest BCUT2D eigenvalue weighted by Crippen LogP contribution is 2.36. The third-order valence-corrected chi connectivity index (χ3v) is 3.44. The maximum atomic E-state index is 13.1. The normalized spacial score (nSPS) is 11.0. The Kier molecular flexibility index (Phi) is 6.10. The molecule has 2 aromatic carbocycles. The highest BCUT2D eigenvalue weighted by molar-refractivity contribution is 6.30. The van der Waals surface area contributed by atoms with Gasteiger partial charge in [0.1, 0.15) is 0 Å². The van der Waals surface area contributed by atoms with Crippen molar-refractivity contribution in [2.75, 3.05) is 17.2 Å². The summed E-state index contributed by atoms with van der Waals surface area (Å²) in [4.78, 5) is 24.0. The van der Waals surface area contributed by atoms with Gasteiger partial charge in [0.25, 0.3) is 0 Å². The Labute approximate surface area is 152 Å². The van der Waals surface area contributed by atoms with E-state index >= 15 is 0 Å². The standard InChI is InChI=1S/C17H14ClF3N2O3/c1-2-26-15(24)11-5-3-4-6-13(11)22-16(25)23-14-8-7-10(18)9-12(14)17(19,20)21/h3-9H,2H2,1H3,(H2,22,23,25). The number of nitrogens with one attached hydrogen (secondary N) is 2. The van der Waals surface area contributed by atoms with Crippen LogP contribution in [-0.2, 0) is 10.9 Å². The summed E-state index contributed by atoms with van der Waals surface area (Å²) in [5.74, 6) is -0.661. The van der Waals surface area contributed by atoms with Gasteiger partial charge in [0, 0.05) is 5.02 Å². The van der Waals surface area contributed by atoms with E-state index in [2.05, 4.69) is 10.6 Å². The van der Waals surface area contributed by atoms with Gasteiger partial charge in [-0.25, -0.2) is 9.59 Å². The largest absolute Gasteiger partial charge is 0.462 e. The Balaban J connectivity index is 2.22. The number of hydrogen-bond acceptors (Lipinski definition) is 3. The van der Waals surface area contributed by atoms with Crippen LogP contribution in [-0.4, -0.2) is 18.6 Å². The van der Waals surface area contributed by atoms with Crippen molar-refractivity contribution in [1.82, 2.24) is 0 Å². The van der Waals surface area contributed by atoms with Gasteiger partial charge in [0.2, 0.25) is 0 Å². The van der Waals surface area contributed by atoms with E-state index in [9.17, 15) is 22.8 Å². The third kappa shape index (κ3) is 4.89. The van der Waals surface area contributed by atoms with Crippen molar-refractivity contribution in [2.45, 2.75) is 13.1 Å². The van der Waals surface area contributed by atoms with Crippen molar-refractivity contribution in [3.05, 3.63) is 58.6 Å². The second kappa shape index (κ2) is 8.09. The molecule has 0 aliphatic rings. The molecule has 0 aromatic heterocycles. The van der Waals surface area contributed by atoms with E-state index in [0.717, 1.165) is 6.07 Å². The van der Waals surface area contributed by atoms with E-state index in [1.165, 1.54) is 18.2 Å². The number of hydrogen-bond donors (Lipinski definition) is 2. The Hall–Kier alpha value is -2.74. The van der Waals surface area contributed by atoms with Crippen LogP contribution < -0.4 is 10.6 Å². The first kappa shape index (κ1) is 19.6. The number of benzene rings is 2. The van der Waals surface area contributed by atoms with Gasteiger partial charge in [-0.15, -0.1) is 0 Å². The lowest BCUT2D eigenvalue weighted by atomic mass is 10.1. The van der Waals surface area contributed by atoms with Gasteiger partial charge >= 0.3 is 18.2 Å². The number of amides is 2. The molecule has 2 aromatic rings. The molecule has 9 heteroatoms. The van der Waals surface area contributed by atoms with E-state index in [4.69, 9.17) is 16.3 Å². The fourth-order valence-corrected chi connectivity index (χ4v) is 2.29. The average Bonchev–Trinajstić information content (AvgIpc) is 2.56. The molecule has 0 saturated heterocycles. The topological polar surface area (TPSA) is 67.4 Å². The number of carbonyl (C=O) groups excluding carboxylic acids is 2. The van der Waals surface area contributed by atoms with Crippen LogP contribution in [0.3, 0.4) is 0 Å². The minimum atomic E-state index is -4.70. The Morgan fingerprint density at radius 3 is 2.38 bits per heavy atom. The summed E-state index contributed by atoms with van der Waals surface area (Å²) in [6, 6.07) is 8.01. The smallest absolute Gasteiger partial charge is 0.418 e. The summed E-state index contributed by atoms with van der Waals surface area (Å²) in [6.07, 6.45) is -4.70. The van der Waals surface area contributed by atoms with Crippen LogP contribution in [0.25, 0.3) is 0 Å². The van der Waals surface area contributed by atoms with E-state index in [0.29, 0.717) is 6.07 Å². The van der Waals surface area contributed by atoms with Crippen molar-refractivity contribution in [3.63, 3.8) is 0 Å². The number of urea groups is 1. The molecule has 0 heterocycles. The summed E-state index contributed by atoms with van der Waals surface area (Å²) >= 11 is 5.59. The molecule has 0 aliphatic carbocycles. The number of alkyl halides is 3. The van der Waals surface area contributed by atoms with Gasteiger partial charge in [-0.05, 0) is 37.3 Å². The predicted octanol–water partition coefficient (Wildman–Crippen LogP) is 5.18. The van der Waals surface area contributed by atoms with Crippen LogP contribution in [0.1, 0.15) is 22.8 Å². The van der Waals surface area contributed by atoms with E-state index < -0.39 is 29.4 Å². The summed E-state index contributed by atoms with van der Waals surface area (Å²) in [5, 5.41) is 4.34. The van der Waals surface area contributed by atoms with Crippen molar-refractivity contribution in [1.29, 1.82) is 0 Å². The maximum Gasteiger partial charge on any atom is 0.418 e. The lowest BCUT2D eigenvalue weighted by molar-refractivity contribution is -0.136. The molecular weight excluding hydrogens is 373 g/mol. The van der Waals surface area contributed by atoms with Gasteiger partial charge in [0.05, 0.1) is 29.1 Å². The molecule has 5 nitrogen and oxygen atoms in total. The molecule has 0 bridgehead atoms. The Morgan fingerprint density at radius 1 is 1.08 bits per heavy atom. The number of anilines is 2. The van der Waals surface area contributed by atoms with E-state index in [-0.39, 0.29) is 22.9 Å². The zero-order chi connectivity index (χ0) is 19.3. The Morgan fingerprint density at radius 2 is 1.73 bits per heavy atom. The molecule has 0 unspecified atom stereocenters. The second-order valence-corrected chi connectivity index (χ2v) is 5.47. The first-order valence-electron chi connectivity index (χ1n) is 7.43. The van der Waals surface area contributed by atoms with Gasteiger partial charge in [-0.2, -0.15) is 13.2 Å². The minimum Gasteiger partial charge on any atom is -0.462 e. The van der Waals surface area contributed by atoms with Gasteiger partial charge in [-0.1, -0.05) is 23.7 Å². The van der Waals surface area contributed by atoms with Gasteiger partial charge < -0.3 is 15.4 Å². The SMILES string of the molecule is CCOC(=O)c1ccccc1NC(=O)Nc1ccc(Cl)cc1C(F)(F)F. The molecule has 2 rings (SSSR count). The lowest BCUT2D eigenvalue weighted by Crippen LogP contribution is -2.23. The van der Waals surface area contributed by atoms with Crippen molar-refractivity contribution in [3.8, 4) is 0 Å². The molecule has 0 fully saturated rings. The molecule has 0 atom stereocenters. The van der Waals surface area contributed by atoms with Crippen LogP contribution in [0.5, 0.6) is 0 Å². The third-order valence-electron chi connectivity index (χ3n) is 3.21. The van der Waals surface area contributed by atoms with Gasteiger partial charge in [-0.3, -0.25) is 0 Å². The average molecular weight is 387 g/mol. The van der Waals surface area contributed by atoms with Crippen molar-refractivity contribution < 1.29 is 27.5 Å². The summed E-state index contributed by atoms with van der Waals surface area (Å²) in [7, 11) is 0. The first-order chi connectivity index (χ1) is 12.2. The summed E-state index contributed by atoms with van der Waals surface area (Å²) < 4.78 is 44.1. The van der Waals surface area contributed by atoms with Crippen LogP contribution in [0.4, 0.5) is 29.3 Å². The molecule has 2 N–H and O–H groups in total. The molecule has 0 radical (unpaired) electrons. The molecule has 0 spiro atoms. The first-order valence-corrected chi connectivity index (χ1v) is 7.81. The summed E-state index contributed by atoms with van der Waals surface area (Å²) in [6.45, 7) is 1.76. The molecule has 2 amide bonds. The molecule has 138 valence electrons. The molecular formula is C17H14ClF3N2O3. The van der Waals surface area contributed by atoms with Crippen LogP contribution >= 0.6 is 11.6 Å². The highest BCUT2D eigenvalue weighted by Gasteiger charge is 2.34. The van der Waals surface area contributed by atoms with E-state index in [1.54, 1.807) is 19.1 Å². The molecule has 26 heavy (non-hydrogen) atoms. The van der Waals surface area contributed by atoms with Crippen LogP contribution in [0, 0.1) is 0 Å². The van der Waals surface area contributed by atoms with Crippen LogP contribution in [0.2, 0.25) is 5.02 Å². The monoisotopic (exact) mass is 386 g/mol. The number of esters is 1. The van der Waals surface area contributed by atoms with Gasteiger partial charge in [0.15, 0.2) is 0 Å². The second-order valence-electron chi connectivity index (χ2n) is 5.03. The number of para-hydroxylation sites is 1.